The predicted octanol–water partition coefficient (Wildman–Crippen LogP) is 5.40. The van der Waals surface area contributed by atoms with Gasteiger partial charge in [-0.15, -0.1) is 10.2 Å². The Bertz CT molecular complexity index is 1010. The molecule has 0 radical (unpaired) electrons. The second-order valence-corrected chi connectivity index (χ2v) is 6.45. The van der Waals surface area contributed by atoms with E-state index < -0.39 is 0 Å². The fraction of sp³-hybridized carbons (Fsp3) is 0.130. The number of amidine groups is 1. The number of hydrogen-bond acceptors (Lipinski definition) is 5. The van der Waals surface area contributed by atoms with Crippen molar-refractivity contribution < 1.29 is 9.53 Å². The Balaban J connectivity index is 1.96. The standard InChI is InChI=1S/C23H22N4O2/c1-27(2)21-15-11-17(12-16-21)22(26-25-20-7-5-4-6-8-20)24-19-13-9-18(10-14-19)23(28)29-3/h4-16H,1-3H3. The van der Waals surface area contributed by atoms with E-state index in [1.807, 2.05) is 73.6 Å². The van der Waals surface area contributed by atoms with Gasteiger partial charge in [-0.25, -0.2) is 9.79 Å². The molecular formula is C23H22N4O2. The van der Waals surface area contributed by atoms with Crippen molar-refractivity contribution in [2.45, 2.75) is 0 Å². The molecule has 0 amide bonds. The minimum atomic E-state index is -0.385. The highest BCUT2D eigenvalue weighted by Gasteiger charge is 2.07. The van der Waals surface area contributed by atoms with Crippen molar-refractivity contribution in [2.75, 3.05) is 26.1 Å². The summed E-state index contributed by atoms with van der Waals surface area (Å²) in [6, 6.07) is 24.3. The lowest BCUT2D eigenvalue weighted by atomic mass is 10.1. The molecule has 0 bridgehead atoms. The SMILES string of the molecule is COC(=O)c1ccc(N=C(N=Nc2ccccc2)c2ccc(N(C)C)cc2)cc1. The number of carbonyl (C=O) groups excluding carboxylic acids is 1. The van der Waals surface area contributed by atoms with Gasteiger partial charge in [-0.05, 0) is 60.7 Å². The van der Waals surface area contributed by atoms with Gasteiger partial charge in [0.1, 0.15) is 0 Å². The van der Waals surface area contributed by atoms with Gasteiger partial charge in [0.25, 0.3) is 0 Å². The van der Waals surface area contributed by atoms with Crippen molar-refractivity contribution in [3.63, 3.8) is 0 Å². The lowest BCUT2D eigenvalue weighted by molar-refractivity contribution is 0.0601. The van der Waals surface area contributed by atoms with Crippen LogP contribution in [-0.2, 0) is 4.74 Å². The molecule has 0 fully saturated rings. The molecule has 0 unspecified atom stereocenters. The van der Waals surface area contributed by atoms with Gasteiger partial charge in [-0.2, -0.15) is 0 Å². The van der Waals surface area contributed by atoms with Gasteiger partial charge in [0.2, 0.25) is 0 Å². The molecule has 0 aliphatic rings. The summed E-state index contributed by atoms with van der Waals surface area (Å²) in [5.41, 5.74) is 3.79. The van der Waals surface area contributed by atoms with Crippen molar-refractivity contribution in [3.05, 3.63) is 90.0 Å². The maximum atomic E-state index is 11.6. The number of esters is 1. The van der Waals surface area contributed by atoms with Crippen molar-refractivity contribution in [3.8, 4) is 0 Å². The van der Waals surface area contributed by atoms with E-state index in [9.17, 15) is 4.79 Å². The van der Waals surface area contributed by atoms with Crippen LogP contribution in [0, 0.1) is 0 Å². The highest BCUT2D eigenvalue weighted by Crippen LogP contribution is 2.20. The summed E-state index contributed by atoms with van der Waals surface area (Å²) in [7, 11) is 5.33. The lowest BCUT2D eigenvalue weighted by Crippen LogP contribution is -2.08. The van der Waals surface area contributed by atoms with Crippen molar-refractivity contribution >= 4 is 28.9 Å². The highest BCUT2D eigenvalue weighted by molar-refractivity contribution is 6.01. The molecule has 0 aliphatic carbocycles. The van der Waals surface area contributed by atoms with Gasteiger partial charge >= 0.3 is 5.97 Å². The summed E-state index contributed by atoms with van der Waals surface area (Å²) < 4.78 is 4.73. The molecule has 6 nitrogen and oxygen atoms in total. The molecule has 3 aromatic rings. The first-order valence-electron chi connectivity index (χ1n) is 9.08. The molecule has 3 rings (SSSR count). The van der Waals surface area contributed by atoms with Crippen LogP contribution in [0.3, 0.4) is 0 Å². The average Bonchev–Trinajstić information content (AvgIpc) is 2.77. The molecule has 0 aliphatic heterocycles. The van der Waals surface area contributed by atoms with E-state index in [2.05, 4.69) is 15.2 Å². The first kappa shape index (κ1) is 19.9. The number of benzene rings is 3. The van der Waals surface area contributed by atoms with Crippen LogP contribution in [0.25, 0.3) is 0 Å². The monoisotopic (exact) mass is 386 g/mol. The number of nitrogens with zero attached hydrogens (tertiary/aromatic N) is 4. The van der Waals surface area contributed by atoms with Crippen molar-refractivity contribution in [2.24, 2.45) is 15.2 Å². The molecule has 146 valence electrons. The summed E-state index contributed by atoms with van der Waals surface area (Å²) in [5.74, 6) is 0.0915. The van der Waals surface area contributed by atoms with Crippen LogP contribution in [0.1, 0.15) is 15.9 Å². The smallest absolute Gasteiger partial charge is 0.337 e. The number of carbonyl (C=O) groups is 1. The van der Waals surface area contributed by atoms with Crippen LogP contribution in [-0.4, -0.2) is 33.0 Å². The first-order chi connectivity index (χ1) is 14.1. The average molecular weight is 386 g/mol. The number of hydrogen-bond donors (Lipinski definition) is 0. The maximum absolute atomic E-state index is 11.6. The van der Waals surface area contributed by atoms with E-state index in [1.165, 1.54) is 7.11 Å². The Morgan fingerprint density at radius 1 is 0.793 bits per heavy atom. The largest absolute Gasteiger partial charge is 0.465 e. The minimum Gasteiger partial charge on any atom is -0.465 e. The fourth-order valence-corrected chi connectivity index (χ4v) is 2.57. The zero-order valence-corrected chi connectivity index (χ0v) is 16.6. The van der Waals surface area contributed by atoms with E-state index in [-0.39, 0.29) is 5.97 Å². The number of rotatable bonds is 5. The molecular weight excluding hydrogens is 364 g/mol. The molecule has 6 heteroatoms. The second-order valence-electron chi connectivity index (χ2n) is 6.45. The normalized spacial score (nSPS) is 11.5. The van der Waals surface area contributed by atoms with Crippen LogP contribution in [0.2, 0.25) is 0 Å². The lowest BCUT2D eigenvalue weighted by Gasteiger charge is -2.12. The van der Waals surface area contributed by atoms with Gasteiger partial charge < -0.3 is 9.64 Å². The first-order valence-corrected chi connectivity index (χ1v) is 9.08. The van der Waals surface area contributed by atoms with Gasteiger partial charge in [0.05, 0.1) is 24.0 Å². The van der Waals surface area contributed by atoms with Gasteiger partial charge in [0, 0.05) is 25.3 Å². The molecule has 0 heterocycles. The zero-order chi connectivity index (χ0) is 20.6. The van der Waals surface area contributed by atoms with E-state index in [0.29, 0.717) is 17.1 Å². The van der Waals surface area contributed by atoms with Crippen LogP contribution >= 0.6 is 0 Å². The Kier molecular flexibility index (Phi) is 6.47. The van der Waals surface area contributed by atoms with Crippen LogP contribution in [0.5, 0.6) is 0 Å². The molecule has 0 saturated heterocycles. The topological polar surface area (TPSA) is 66.6 Å². The molecule has 3 aromatic carbocycles. The number of azo groups is 1. The Morgan fingerprint density at radius 2 is 1.41 bits per heavy atom. The van der Waals surface area contributed by atoms with Crippen molar-refractivity contribution in [1.29, 1.82) is 0 Å². The highest BCUT2D eigenvalue weighted by atomic mass is 16.5. The van der Waals surface area contributed by atoms with Gasteiger partial charge in [0.15, 0.2) is 5.84 Å². The molecule has 29 heavy (non-hydrogen) atoms. The molecule has 0 spiro atoms. The summed E-state index contributed by atoms with van der Waals surface area (Å²) >= 11 is 0. The van der Waals surface area contributed by atoms with Crippen molar-refractivity contribution in [1.82, 2.24) is 0 Å². The summed E-state index contributed by atoms with van der Waals surface area (Å²) in [6.45, 7) is 0. The van der Waals surface area contributed by atoms with E-state index in [4.69, 9.17) is 4.74 Å². The van der Waals surface area contributed by atoms with Crippen LogP contribution < -0.4 is 4.90 Å². The third kappa shape index (κ3) is 5.35. The fourth-order valence-electron chi connectivity index (χ4n) is 2.57. The Morgan fingerprint density at radius 3 is 2.00 bits per heavy atom. The third-order valence-corrected chi connectivity index (χ3v) is 4.18. The molecule has 0 N–H and O–H groups in total. The predicted molar refractivity (Wildman–Crippen MR) is 116 cm³/mol. The number of aliphatic imine (C=N–C) groups is 1. The van der Waals surface area contributed by atoms with E-state index >= 15 is 0 Å². The number of methoxy groups -OCH3 is 1. The zero-order valence-electron chi connectivity index (χ0n) is 16.6. The number of anilines is 1. The van der Waals surface area contributed by atoms with Gasteiger partial charge in [-0.3, -0.25) is 0 Å². The molecule has 0 saturated carbocycles. The summed E-state index contributed by atoms with van der Waals surface area (Å²) in [4.78, 5) is 18.3. The van der Waals surface area contributed by atoms with E-state index in [1.54, 1.807) is 24.3 Å². The van der Waals surface area contributed by atoms with Gasteiger partial charge in [-0.1, -0.05) is 18.2 Å². The quantitative estimate of drug-likeness (QED) is 0.255. The number of ether oxygens (including phenoxy) is 1. The Hall–Kier alpha value is -3.80. The van der Waals surface area contributed by atoms with E-state index in [0.717, 1.165) is 16.9 Å². The minimum absolute atomic E-state index is 0.385. The maximum Gasteiger partial charge on any atom is 0.337 e. The summed E-state index contributed by atoms with van der Waals surface area (Å²) in [6.07, 6.45) is 0. The third-order valence-electron chi connectivity index (χ3n) is 4.18. The molecule has 0 atom stereocenters. The summed E-state index contributed by atoms with van der Waals surface area (Å²) in [5, 5.41) is 8.68. The molecule has 0 aromatic heterocycles. The van der Waals surface area contributed by atoms with Crippen LogP contribution in [0.15, 0.2) is 94.1 Å². The Labute approximate surface area is 170 Å². The second kappa shape index (κ2) is 9.41. The van der Waals surface area contributed by atoms with Crippen LogP contribution in [0.4, 0.5) is 17.1 Å².